The topological polar surface area (TPSA) is 57.5 Å². The fourth-order valence-corrected chi connectivity index (χ4v) is 3.11. The molecule has 2 N–H and O–H groups in total. The van der Waals surface area contributed by atoms with Crippen LogP contribution in [0.3, 0.4) is 0 Å². The number of aromatic nitrogens is 1. The Morgan fingerprint density at radius 2 is 1.88 bits per heavy atom. The van der Waals surface area contributed by atoms with Gasteiger partial charge in [-0.25, -0.2) is 0 Å². The Morgan fingerprint density at radius 3 is 2.58 bits per heavy atom. The molecule has 2 aromatic rings. The molecular formula is C19H25N3O2. The van der Waals surface area contributed by atoms with Gasteiger partial charge >= 0.3 is 0 Å². The molecule has 0 atom stereocenters. The van der Waals surface area contributed by atoms with Gasteiger partial charge in [0.2, 0.25) is 0 Å². The quantitative estimate of drug-likeness (QED) is 0.879. The van der Waals surface area contributed by atoms with E-state index in [9.17, 15) is 9.90 Å². The molecule has 2 heterocycles. The number of hydrogen-bond acceptors (Lipinski definition) is 4. The molecule has 0 amide bonds. The number of nitrogens with one attached hydrogen (secondary N) is 1. The molecule has 1 saturated heterocycles. The summed E-state index contributed by atoms with van der Waals surface area (Å²) in [7, 11) is 2.13. The maximum Gasteiger partial charge on any atom is 0.293 e. The molecule has 1 aromatic heterocycles. The van der Waals surface area contributed by atoms with E-state index in [-0.39, 0.29) is 11.3 Å². The van der Waals surface area contributed by atoms with Gasteiger partial charge < -0.3 is 19.9 Å². The first-order valence-corrected chi connectivity index (χ1v) is 8.50. The molecule has 5 heteroatoms. The third-order valence-corrected chi connectivity index (χ3v) is 4.72. The van der Waals surface area contributed by atoms with Crippen molar-refractivity contribution in [3.05, 3.63) is 64.1 Å². The van der Waals surface area contributed by atoms with Gasteiger partial charge in [-0.15, -0.1) is 0 Å². The largest absolute Gasteiger partial charge is 0.503 e. The molecule has 0 unspecified atom stereocenters. The Kier molecular flexibility index (Phi) is 5.33. The fourth-order valence-electron chi connectivity index (χ4n) is 3.11. The van der Waals surface area contributed by atoms with Gasteiger partial charge in [0.15, 0.2) is 5.75 Å². The minimum Gasteiger partial charge on any atom is -0.503 e. The molecule has 1 aliphatic heterocycles. The first-order valence-electron chi connectivity index (χ1n) is 8.50. The lowest BCUT2D eigenvalue weighted by Crippen LogP contribution is -2.40. The normalized spacial score (nSPS) is 16.4. The minimum atomic E-state index is -0.332. The van der Waals surface area contributed by atoms with E-state index in [1.54, 1.807) is 10.8 Å². The van der Waals surface area contributed by atoms with E-state index in [2.05, 4.69) is 17.3 Å². The van der Waals surface area contributed by atoms with Gasteiger partial charge in [-0.1, -0.05) is 30.3 Å². The van der Waals surface area contributed by atoms with E-state index in [0.29, 0.717) is 24.7 Å². The highest BCUT2D eigenvalue weighted by atomic mass is 16.3. The van der Waals surface area contributed by atoms with Crippen LogP contribution in [0.5, 0.6) is 5.75 Å². The number of benzene rings is 1. The summed E-state index contributed by atoms with van der Waals surface area (Å²) in [5.41, 5.74) is 1.38. The molecule has 1 fully saturated rings. The molecule has 0 aliphatic carbocycles. The van der Waals surface area contributed by atoms with Gasteiger partial charge in [0.25, 0.3) is 5.56 Å². The van der Waals surface area contributed by atoms with Gasteiger partial charge in [0.1, 0.15) is 0 Å². The summed E-state index contributed by atoms with van der Waals surface area (Å²) in [6.07, 6.45) is 3.96. The van der Waals surface area contributed by atoms with Gasteiger partial charge in [0, 0.05) is 24.3 Å². The zero-order valence-corrected chi connectivity index (χ0v) is 14.1. The van der Waals surface area contributed by atoms with Crippen molar-refractivity contribution in [2.24, 2.45) is 0 Å². The fraction of sp³-hybridized carbons (Fsp3) is 0.421. The zero-order chi connectivity index (χ0) is 16.9. The molecular weight excluding hydrogens is 302 g/mol. The lowest BCUT2D eigenvalue weighted by atomic mass is 10.1. The van der Waals surface area contributed by atoms with Crippen molar-refractivity contribution in [3.8, 4) is 5.75 Å². The van der Waals surface area contributed by atoms with Crippen LogP contribution in [0.25, 0.3) is 0 Å². The molecule has 128 valence electrons. The smallest absolute Gasteiger partial charge is 0.293 e. The van der Waals surface area contributed by atoms with Crippen LogP contribution in [-0.2, 0) is 13.1 Å². The summed E-state index contributed by atoms with van der Waals surface area (Å²) < 4.78 is 1.55. The van der Waals surface area contributed by atoms with Crippen LogP contribution < -0.4 is 10.9 Å². The van der Waals surface area contributed by atoms with Crippen molar-refractivity contribution in [3.63, 3.8) is 0 Å². The average Bonchev–Trinajstić information content (AvgIpc) is 2.61. The van der Waals surface area contributed by atoms with Crippen LogP contribution in [0.1, 0.15) is 24.0 Å². The first-order chi connectivity index (χ1) is 11.6. The number of pyridine rings is 1. The maximum atomic E-state index is 12.4. The molecule has 0 saturated carbocycles. The minimum absolute atomic E-state index is 0.145. The van der Waals surface area contributed by atoms with Crippen LogP contribution in [0.15, 0.2) is 47.4 Å². The van der Waals surface area contributed by atoms with Crippen LogP contribution in [0.4, 0.5) is 0 Å². The van der Waals surface area contributed by atoms with E-state index in [1.807, 2.05) is 36.4 Å². The van der Waals surface area contributed by atoms with E-state index < -0.39 is 0 Å². The van der Waals surface area contributed by atoms with Crippen LogP contribution in [-0.4, -0.2) is 40.8 Å². The second-order valence-electron chi connectivity index (χ2n) is 6.57. The van der Waals surface area contributed by atoms with Crippen LogP contribution >= 0.6 is 0 Å². The number of piperidine rings is 1. The monoisotopic (exact) mass is 327 g/mol. The second-order valence-corrected chi connectivity index (χ2v) is 6.57. The standard InChI is InChI=1S/C19H25N3O2/c1-21-10-8-17(9-11-21)20-13-16-7-12-22(19(24)18(16)23)14-15-5-3-2-4-6-15/h2-7,12,17,20,23H,8-11,13-14H2,1H3. The molecule has 1 aromatic carbocycles. The summed E-state index contributed by atoms with van der Waals surface area (Å²) in [6.45, 7) is 3.17. The Balaban J connectivity index is 1.65. The van der Waals surface area contributed by atoms with E-state index in [1.165, 1.54) is 0 Å². The molecule has 0 bridgehead atoms. The molecule has 24 heavy (non-hydrogen) atoms. The Bertz CT molecular complexity index is 719. The number of rotatable bonds is 5. The molecule has 0 radical (unpaired) electrons. The predicted molar refractivity (Wildman–Crippen MR) is 95.3 cm³/mol. The van der Waals surface area contributed by atoms with Crippen molar-refractivity contribution >= 4 is 0 Å². The summed E-state index contributed by atoms with van der Waals surface area (Å²) in [6, 6.07) is 12.1. The number of likely N-dealkylation sites (tertiary alicyclic amines) is 1. The zero-order valence-electron chi connectivity index (χ0n) is 14.1. The van der Waals surface area contributed by atoms with Gasteiger partial charge in [-0.3, -0.25) is 4.79 Å². The Morgan fingerprint density at radius 1 is 1.17 bits per heavy atom. The third kappa shape index (κ3) is 4.04. The average molecular weight is 327 g/mol. The maximum absolute atomic E-state index is 12.4. The summed E-state index contributed by atoms with van der Waals surface area (Å²) in [4.78, 5) is 14.7. The lowest BCUT2D eigenvalue weighted by molar-refractivity contribution is 0.233. The molecule has 3 rings (SSSR count). The highest BCUT2D eigenvalue weighted by Gasteiger charge is 2.17. The van der Waals surface area contributed by atoms with E-state index in [4.69, 9.17) is 0 Å². The highest BCUT2D eigenvalue weighted by Crippen LogP contribution is 2.14. The van der Waals surface area contributed by atoms with Gasteiger partial charge in [-0.05, 0) is 44.6 Å². The summed E-state index contributed by atoms with van der Waals surface area (Å²) in [5.74, 6) is -0.145. The van der Waals surface area contributed by atoms with Crippen molar-refractivity contribution < 1.29 is 5.11 Å². The number of hydrogen-bond donors (Lipinski definition) is 2. The summed E-state index contributed by atoms with van der Waals surface area (Å²) in [5, 5.41) is 13.7. The van der Waals surface area contributed by atoms with Crippen LogP contribution in [0, 0.1) is 0 Å². The van der Waals surface area contributed by atoms with E-state index >= 15 is 0 Å². The predicted octanol–water partition coefficient (Wildman–Crippen LogP) is 1.79. The first kappa shape index (κ1) is 16.7. The van der Waals surface area contributed by atoms with E-state index in [0.717, 1.165) is 31.5 Å². The van der Waals surface area contributed by atoms with Crippen molar-refractivity contribution in [2.45, 2.75) is 32.0 Å². The Labute approximate surface area is 142 Å². The number of aromatic hydroxyl groups is 1. The second kappa shape index (κ2) is 7.64. The summed E-state index contributed by atoms with van der Waals surface area (Å²) >= 11 is 0. The highest BCUT2D eigenvalue weighted by molar-refractivity contribution is 5.29. The number of nitrogens with zero attached hydrogens (tertiary/aromatic N) is 2. The van der Waals surface area contributed by atoms with Gasteiger partial charge in [-0.2, -0.15) is 0 Å². The SMILES string of the molecule is CN1CCC(NCc2ccn(Cc3ccccc3)c(=O)c2O)CC1. The van der Waals surface area contributed by atoms with Crippen molar-refractivity contribution in [2.75, 3.05) is 20.1 Å². The lowest BCUT2D eigenvalue weighted by Gasteiger charge is -2.29. The van der Waals surface area contributed by atoms with Gasteiger partial charge in [0.05, 0.1) is 6.54 Å². The Hall–Kier alpha value is -2.11. The molecule has 5 nitrogen and oxygen atoms in total. The van der Waals surface area contributed by atoms with Crippen LogP contribution in [0.2, 0.25) is 0 Å². The van der Waals surface area contributed by atoms with Crippen molar-refractivity contribution in [1.82, 2.24) is 14.8 Å². The third-order valence-electron chi connectivity index (χ3n) is 4.72. The molecule has 1 aliphatic rings. The van der Waals surface area contributed by atoms with Crippen molar-refractivity contribution in [1.29, 1.82) is 0 Å². The molecule has 0 spiro atoms.